The highest BCUT2D eigenvalue weighted by Crippen LogP contribution is 2.30. The number of piperidine rings is 1. The number of hydrogen-bond acceptors (Lipinski definition) is 3. The smallest absolute Gasteiger partial charge is 0.255 e. The molecule has 1 aromatic carbocycles. The van der Waals surface area contributed by atoms with Gasteiger partial charge in [-0.3, -0.25) is 14.7 Å². The molecule has 0 radical (unpaired) electrons. The van der Waals surface area contributed by atoms with E-state index in [1.54, 1.807) is 12.4 Å². The lowest BCUT2D eigenvalue weighted by molar-refractivity contribution is 0.0735. The van der Waals surface area contributed by atoms with E-state index in [0.717, 1.165) is 26.2 Å². The molecule has 1 N–H and O–H groups in total. The zero-order chi connectivity index (χ0) is 18.2. The summed E-state index contributed by atoms with van der Waals surface area (Å²) in [4.78, 5) is 24.9. The molecule has 27 heavy (non-hydrogen) atoms. The van der Waals surface area contributed by atoms with Crippen molar-refractivity contribution in [1.29, 1.82) is 0 Å². The average molecular weight is 360 g/mol. The van der Waals surface area contributed by atoms with E-state index < -0.39 is 0 Å². The van der Waals surface area contributed by atoms with Gasteiger partial charge in [0.15, 0.2) is 0 Å². The lowest BCUT2D eigenvalue weighted by atomic mass is 9.94. The molecule has 0 unspecified atom stereocenters. The number of benzene rings is 1. The number of fused-ring (bicyclic) bond motifs is 5. The van der Waals surface area contributed by atoms with Gasteiger partial charge in [0.25, 0.3) is 5.91 Å². The van der Waals surface area contributed by atoms with Gasteiger partial charge in [-0.2, -0.15) is 0 Å². The Labute approximate surface area is 159 Å². The first-order valence-corrected chi connectivity index (χ1v) is 9.75. The van der Waals surface area contributed by atoms with E-state index in [4.69, 9.17) is 0 Å². The van der Waals surface area contributed by atoms with Crippen LogP contribution in [0.3, 0.4) is 0 Å². The first-order valence-electron chi connectivity index (χ1n) is 9.75. The van der Waals surface area contributed by atoms with Gasteiger partial charge in [-0.05, 0) is 60.0 Å². The van der Waals surface area contributed by atoms with E-state index >= 15 is 0 Å². The van der Waals surface area contributed by atoms with E-state index in [0.29, 0.717) is 17.5 Å². The Hall–Kier alpha value is -2.66. The van der Waals surface area contributed by atoms with Crippen molar-refractivity contribution in [3.05, 3.63) is 66.1 Å². The molecule has 3 saturated heterocycles. The van der Waals surface area contributed by atoms with Crippen molar-refractivity contribution in [3.8, 4) is 0 Å². The van der Waals surface area contributed by atoms with Gasteiger partial charge in [0.1, 0.15) is 0 Å². The predicted octanol–water partition coefficient (Wildman–Crippen LogP) is 3.30. The Morgan fingerprint density at radius 3 is 3.00 bits per heavy atom. The second kappa shape index (κ2) is 6.82. The quantitative estimate of drug-likeness (QED) is 0.780. The fourth-order valence-corrected chi connectivity index (χ4v) is 4.65. The first kappa shape index (κ1) is 16.5. The van der Waals surface area contributed by atoms with Gasteiger partial charge in [0, 0.05) is 56.3 Å². The van der Waals surface area contributed by atoms with E-state index in [1.165, 1.54) is 29.3 Å². The van der Waals surface area contributed by atoms with Gasteiger partial charge < -0.3 is 9.88 Å². The molecular weight excluding hydrogens is 336 g/mol. The molecule has 5 nitrogen and oxygen atoms in total. The van der Waals surface area contributed by atoms with Gasteiger partial charge in [0.2, 0.25) is 0 Å². The van der Waals surface area contributed by atoms with Crippen LogP contribution in [0.15, 0.2) is 55.0 Å². The lowest BCUT2D eigenvalue weighted by Gasteiger charge is -2.36. The fraction of sp³-hybridized carbons (Fsp3) is 0.364. The van der Waals surface area contributed by atoms with Gasteiger partial charge in [-0.25, -0.2) is 0 Å². The number of pyridine rings is 1. The summed E-state index contributed by atoms with van der Waals surface area (Å²) in [6.07, 6.45) is 7.78. The third kappa shape index (κ3) is 3.23. The molecule has 3 aliphatic rings. The Balaban J connectivity index is 1.34. The highest BCUT2D eigenvalue weighted by Gasteiger charge is 2.36. The summed E-state index contributed by atoms with van der Waals surface area (Å²) < 4.78 is 0. The fourth-order valence-electron chi connectivity index (χ4n) is 4.65. The molecule has 0 aliphatic carbocycles. The maximum atomic E-state index is 12.9. The van der Waals surface area contributed by atoms with Crippen LogP contribution in [-0.2, 0) is 6.54 Å². The largest absolute Gasteiger partial charge is 0.361 e. The molecule has 2 aromatic heterocycles. The lowest BCUT2D eigenvalue weighted by Crippen LogP contribution is -2.43. The molecule has 3 aliphatic heterocycles. The zero-order valence-corrected chi connectivity index (χ0v) is 15.3. The maximum Gasteiger partial charge on any atom is 0.255 e. The molecule has 138 valence electrons. The van der Waals surface area contributed by atoms with Crippen molar-refractivity contribution < 1.29 is 4.79 Å². The number of carbonyl (C=O) groups is 1. The zero-order valence-electron chi connectivity index (χ0n) is 15.3. The molecule has 5 heteroatoms. The van der Waals surface area contributed by atoms with Crippen molar-refractivity contribution in [2.45, 2.75) is 25.4 Å². The van der Waals surface area contributed by atoms with Crippen molar-refractivity contribution >= 4 is 16.8 Å². The molecule has 0 saturated carbocycles. The monoisotopic (exact) mass is 360 g/mol. The van der Waals surface area contributed by atoms with Crippen LogP contribution in [0.4, 0.5) is 0 Å². The van der Waals surface area contributed by atoms with E-state index in [2.05, 4.69) is 44.0 Å². The van der Waals surface area contributed by atoms with Gasteiger partial charge in [-0.15, -0.1) is 0 Å². The van der Waals surface area contributed by atoms with Crippen LogP contribution in [0.5, 0.6) is 0 Å². The number of nitrogens with one attached hydrogen (secondary N) is 1. The topological polar surface area (TPSA) is 52.2 Å². The van der Waals surface area contributed by atoms with Crippen molar-refractivity contribution in [2.75, 3.05) is 19.6 Å². The van der Waals surface area contributed by atoms with Crippen LogP contribution in [-0.4, -0.2) is 51.4 Å². The summed E-state index contributed by atoms with van der Waals surface area (Å²) in [5.41, 5.74) is 3.23. The molecule has 2 atom stereocenters. The Morgan fingerprint density at radius 1 is 1.15 bits per heavy atom. The van der Waals surface area contributed by atoms with Crippen LogP contribution in [0.1, 0.15) is 28.8 Å². The van der Waals surface area contributed by atoms with E-state index in [-0.39, 0.29) is 5.91 Å². The SMILES string of the molecule is O=C(c1cccnc1)N1C[C@@H]2CC[C@H](C1)N(Cc1ccc3[nH]ccc3c1)C2. The van der Waals surface area contributed by atoms with Crippen LogP contribution >= 0.6 is 0 Å². The molecule has 1 amide bonds. The molecule has 0 spiro atoms. The molecule has 2 bridgehead atoms. The third-order valence-corrected chi connectivity index (χ3v) is 6.03. The van der Waals surface area contributed by atoms with Crippen molar-refractivity contribution in [1.82, 2.24) is 19.8 Å². The summed E-state index contributed by atoms with van der Waals surface area (Å²) in [7, 11) is 0. The highest BCUT2D eigenvalue weighted by atomic mass is 16.2. The number of H-pyrrole nitrogens is 1. The molecule has 3 aromatic rings. The number of aromatic amines is 1. The number of aromatic nitrogens is 2. The van der Waals surface area contributed by atoms with Crippen LogP contribution in [0.25, 0.3) is 10.9 Å². The number of hydrogen-bond donors (Lipinski definition) is 1. The van der Waals surface area contributed by atoms with Crippen LogP contribution < -0.4 is 0 Å². The number of amides is 1. The molecule has 6 rings (SSSR count). The summed E-state index contributed by atoms with van der Waals surface area (Å²) in [6.45, 7) is 3.71. The predicted molar refractivity (Wildman–Crippen MR) is 105 cm³/mol. The van der Waals surface area contributed by atoms with Crippen molar-refractivity contribution in [3.63, 3.8) is 0 Å². The van der Waals surface area contributed by atoms with Gasteiger partial charge in [0.05, 0.1) is 5.56 Å². The minimum absolute atomic E-state index is 0.121. The normalized spacial score (nSPS) is 22.9. The summed E-state index contributed by atoms with van der Waals surface area (Å²) in [6, 6.07) is 12.9. The Morgan fingerprint density at radius 2 is 2.11 bits per heavy atom. The van der Waals surface area contributed by atoms with Gasteiger partial charge in [-0.1, -0.05) is 6.07 Å². The molecular formula is C22H24N4O. The van der Waals surface area contributed by atoms with Crippen molar-refractivity contribution in [2.24, 2.45) is 5.92 Å². The van der Waals surface area contributed by atoms with E-state index in [1.807, 2.05) is 18.3 Å². The first-order chi connectivity index (χ1) is 13.3. The molecule has 5 heterocycles. The minimum Gasteiger partial charge on any atom is -0.361 e. The third-order valence-electron chi connectivity index (χ3n) is 6.03. The number of carbonyl (C=O) groups excluding carboxylic acids is 1. The minimum atomic E-state index is 0.121. The summed E-state index contributed by atoms with van der Waals surface area (Å²) in [5, 5.41) is 1.26. The standard InChI is InChI=1S/C22H24N4O/c27-22(19-2-1-8-23-11-19)26-14-17-3-5-20(15-26)25(13-17)12-16-4-6-21-18(10-16)7-9-24-21/h1-2,4,6-11,17,20,24H,3,5,12-15H2/t17-,20-/m1/s1. The summed E-state index contributed by atoms with van der Waals surface area (Å²) >= 11 is 0. The second-order valence-electron chi connectivity index (χ2n) is 7.88. The maximum absolute atomic E-state index is 12.9. The van der Waals surface area contributed by atoms with Gasteiger partial charge >= 0.3 is 0 Å². The second-order valence-corrected chi connectivity index (χ2v) is 7.88. The summed E-state index contributed by atoms with van der Waals surface area (Å²) in [5.74, 6) is 0.677. The Kier molecular flexibility index (Phi) is 4.17. The Bertz CT molecular complexity index is 951. The molecule has 3 fully saturated rings. The number of rotatable bonds is 3. The van der Waals surface area contributed by atoms with E-state index in [9.17, 15) is 4.79 Å². The average Bonchev–Trinajstić information content (AvgIpc) is 2.98. The highest BCUT2D eigenvalue weighted by molar-refractivity contribution is 5.94. The number of nitrogens with zero attached hydrogens (tertiary/aromatic N) is 3. The van der Waals surface area contributed by atoms with Crippen LogP contribution in [0.2, 0.25) is 0 Å². The van der Waals surface area contributed by atoms with Crippen LogP contribution in [0, 0.1) is 5.92 Å².